The molecule has 1 N–H and O–H groups in total. The Morgan fingerprint density at radius 3 is 3.10 bits per heavy atom. The van der Waals surface area contributed by atoms with Crippen LogP contribution in [-0.2, 0) is 17.1 Å². The predicted octanol–water partition coefficient (Wildman–Crippen LogP) is 1.26. The fourth-order valence-corrected chi connectivity index (χ4v) is 3.93. The number of nitrogens with zero attached hydrogens (tertiary/aromatic N) is 3. The lowest BCUT2D eigenvalue weighted by Crippen LogP contribution is -2.51. The number of hydrogen-bond acceptors (Lipinski definition) is 6. The Labute approximate surface area is 135 Å². The zero-order valence-corrected chi connectivity index (χ0v) is 14.6. The van der Waals surface area contributed by atoms with Crippen molar-refractivity contribution < 1.29 is 4.79 Å². The molecule has 0 aliphatic carbocycles. The second kappa shape index (κ2) is 8.12. The van der Waals surface area contributed by atoms with Crippen LogP contribution < -0.4 is 5.32 Å². The fourth-order valence-electron chi connectivity index (χ4n) is 2.42. The molecule has 1 fully saturated rings. The summed E-state index contributed by atoms with van der Waals surface area (Å²) in [4.78, 5) is 21.2. The van der Waals surface area contributed by atoms with Crippen molar-refractivity contribution in [2.45, 2.75) is 24.8 Å². The van der Waals surface area contributed by atoms with Crippen LogP contribution in [0, 0.1) is 0 Å². The summed E-state index contributed by atoms with van der Waals surface area (Å²) in [6.45, 7) is 3.60. The minimum Gasteiger partial charge on any atom is -0.350 e. The van der Waals surface area contributed by atoms with Crippen molar-refractivity contribution >= 4 is 29.0 Å². The number of likely N-dealkylation sites (N-methyl/N-ethyl adjacent to an activating group) is 2. The van der Waals surface area contributed by atoms with Gasteiger partial charge >= 0.3 is 0 Å². The first-order valence-electron chi connectivity index (χ1n) is 7.16. The van der Waals surface area contributed by atoms with E-state index in [1.54, 1.807) is 23.1 Å². The lowest BCUT2D eigenvalue weighted by atomic mass is 10.1. The summed E-state index contributed by atoms with van der Waals surface area (Å²) in [6.07, 6.45) is 2.63. The summed E-state index contributed by atoms with van der Waals surface area (Å²) >= 11 is 3.43. The molecule has 21 heavy (non-hydrogen) atoms. The van der Waals surface area contributed by atoms with E-state index < -0.39 is 0 Å². The Balaban J connectivity index is 1.76. The van der Waals surface area contributed by atoms with E-state index in [1.807, 2.05) is 5.38 Å². The molecule has 1 amide bonds. The zero-order valence-electron chi connectivity index (χ0n) is 13.0. The van der Waals surface area contributed by atoms with Crippen molar-refractivity contribution in [2.75, 3.05) is 40.0 Å². The fraction of sp³-hybridized carbons (Fsp3) is 0.714. The summed E-state index contributed by atoms with van der Waals surface area (Å²) in [5.41, 5.74) is 0.964. The van der Waals surface area contributed by atoms with Crippen molar-refractivity contribution in [1.29, 1.82) is 0 Å². The van der Waals surface area contributed by atoms with Crippen molar-refractivity contribution in [3.63, 3.8) is 0 Å². The van der Waals surface area contributed by atoms with E-state index in [1.165, 1.54) is 0 Å². The van der Waals surface area contributed by atoms with Gasteiger partial charge < -0.3 is 15.1 Å². The molecule has 0 spiro atoms. The molecule has 0 radical (unpaired) electrons. The van der Waals surface area contributed by atoms with Crippen LogP contribution >= 0.6 is 23.1 Å². The third kappa shape index (κ3) is 5.25. The van der Waals surface area contributed by atoms with Gasteiger partial charge in [0.05, 0.1) is 12.2 Å². The number of thiazole rings is 1. The first-order valence-corrected chi connectivity index (χ1v) is 9.43. The highest BCUT2D eigenvalue weighted by Crippen LogP contribution is 2.15. The predicted molar refractivity (Wildman–Crippen MR) is 89.7 cm³/mol. The molecule has 1 saturated heterocycles. The summed E-state index contributed by atoms with van der Waals surface area (Å²) in [5, 5.41) is 6.15. The molecule has 0 bridgehead atoms. The molecule has 1 aliphatic rings. The molecule has 0 unspecified atom stereocenters. The molecule has 1 aromatic heterocycles. The van der Waals surface area contributed by atoms with Gasteiger partial charge in [-0.25, -0.2) is 4.98 Å². The number of hydrogen-bond donors (Lipinski definition) is 1. The maximum absolute atomic E-state index is 12.1. The van der Waals surface area contributed by atoms with Crippen molar-refractivity contribution in [3.05, 3.63) is 16.1 Å². The normalized spacial score (nSPS) is 20.6. The molecular weight excluding hydrogens is 304 g/mol. The second-order valence-electron chi connectivity index (χ2n) is 5.54. The van der Waals surface area contributed by atoms with Crippen molar-refractivity contribution in [3.8, 4) is 0 Å². The molecule has 1 aromatic rings. The van der Waals surface area contributed by atoms with E-state index in [9.17, 15) is 4.79 Å². The largest absolute Gasteiger partial charge is 0.350 e. The van der Waals surface area contributed by atoms with Gasteiger partial charge in [0.15, 0.2) is 0 Å². The van der Waals surface area contributed by atoms with E-state index in [0.717, 1.165) is 36.1 Å². The van der Waals surface area contributed by atoms with Crippen LogP contribution in [0.15, 0.2) is 5.38 Å². The first-order chi connectivity index (χ1) is 10.1. The number of nitrogens with one attached hydrogen (secondary N) is 1. The zero-order chi connectivity index (χ0) is 15.2. The van der Waals surface area contributed by atoms with Gasteiger partial charge in [0.1, 0.15) is 5.01 Å². The lowest BCUT2D eigenvalue weighted by molar-refractivity contribution is -0.122. The molecule has 2 rings (SSSR count). The van der Waals surface area contributed by atoms with E-state index in [4.69, 9.17) is 0 Å². The Kier molecular flexibility index (Phi) is 6.47. The summed E-state index contributed by atoms with van der Waals surface area (Å²) in [6, 6.07) is 0.311. The number of thioether (sulfide) groups is 1. The Morgan fingerprint density at radius 1 is 1.52 bits per heavy atom. The van der Waals surface area contributed by atoms with Crippen LogP contribution in [0.25, 0.3) is 0 Å². The number of piperazine rings is 1. The van der Waals surface area contributed by atoms with Crippen LogP contribution in [0.3, 0.4) is 0 Å². The highest BCUT2D eigenvalue weighted by atomic mass is 32.2. The van der Waals surface area contributed by atoms with E-state index >= 15 is 0 Å². The average molecular weight is 329 g/mol. The van der Waals surface area contributed by atoms with Gasteiger partial charge in [0, 0.05) is 43.2 Å². The van der Waals surface area contributed by atoms with Gasteiger partial charge in [0.25, 0.3) is 0 Å². The Hall–Kier alpha value is -0.630. The monoisotopic (exact) mass is 328 g/mol. The molecule has 0 saturated carbocycles. The second-order valence-corrected chi connectivity index (χ2v) is 7.35. The number of aromatic nitrogens is 1. The SMILES string of the molecule is CSCc1nc(CNC(=O)C[C@H]2CN(C)CCN2C)cs1. The van der Waals surface area contributed by atoms with Crippen LogP contribution in [-0.4, -0.2) is 66.7 Å². The minimum absolute atomic E-state index is 0.113. The van der Waals surface area contributed by atoms with Gasteiger partial charge in [-0.3, -0.25) is 4.79 Å². The molecule has 1 atom stereocenters. The van der Waals surface area contributed by atoms with Gasteiger partial charge in [-0.05, 0) is 20.4 Å². The van der Waals surface area contributed by atoms with Crippen LogP contribution in [0.4, 0.5) is 0 Å². The maximum Gasteiger partial charge on any atom is 0.221 e. The third-order valence-corrected chi connectivity index (χ3v) is 5.38. The third-order valence-electron chi connectivity index (χ3n) is 3.74. The van der Waals surface area contributed by atoms with E-state index in [0.29, 0.717) is 19.0 Å². The van der Waals surface area contributed by atoms with Gasteiger partial charge in [-0.15, -0.1) is 11.3 Å². The van der Waals surface area contributed by atoms with Crippen molar-refractivity contribution in [1.82, 2.24) is 20.1 Å². The smallest absolute Gasteiger partial charge is 0.221 e. The quantitative estimate of drug-likeness (QED) is 0.852. The first kappa shape index (κ1) is 16.7. The number of carbonyl (C=O) groups is 1. The average Bonchev–Trinajstić information content (AvgIpc) is 2.89. The number of carbonyl (C=O) groups excluding carboxylic acids is 1. The Bertz CT molecular complexity index is 466. The summed E-state index contributed by atoms with van der Waals surface area (Å²) in [7, 11) is 4.21. The molecule has 5 nitrogen and oxygen atoms in total. The molecular formula is C14H24N4OS2. The molecule has 2 heterocycles. The summed E-state index contributed by atoms with van der Waals surface area (Å²) in [5.74, 6) is 1.05. The molecule has 0 aromatic carbocycles. The standard InChI is InChI=1S/C14H24N4OS2/c1-17-4-5-18(2)12(8-17)6-13(19)15-7-11-9-21-14(16-11)10-20-3/h9,12H,4-8,10H2,1-3H3,(H,15,19)/t12-/m0/s1. The number of rotatable bonds is 6. The van der Waals surface area contributed by atoms with Crippen LogP contribution in [0.1, 0.15) is 17.1 Å². The molecule has 1 aliphatic heterocycles. The topological polar surface area (TPSA) is 48.5 Å². The maximum atomic E-state index is 12.1. The Morgan fingerprint density at radius 2 is 2.33 bits per heavy atom. The highest BCUT2D eigenvalue weighted by molar-refractivity contribution is 7.97. The minimum atomic E-state index is 0.113. The molecule has 118 valence electrons. The molecule has 7 heteroatoms. The highest BCUT2D eigenvalue weighted by Gasteiger charge is 2.24. The van der Waals surface area contributed by atoms with E-state index in [2.05, 4.69) is 40.5 Å². The van der Waals surface area contributed by atoms with Gasteiger partial charge in [-0.2, -0.15) is 11.8 Å². The van der Waals surface area contributed by atoms with E-state index in [-0.39, 0.29) is 5.91 Å². The van der Waals surface area contributed by atoms with Gasteiger partial charge in [0.2, 0.25) is 5.91 Å². The van der Waals surface area contributed by atoms with Crippen LogP contribution in [0.2, 0.25) is 0 Å². The summed E-state index contributed by atoms with van der Waals surface area (Å²) < 4.78 is 0. The van der Waals surface area contributed by atoms with Crippen molar-refractivity contribution in [2.24, 2.45) is 0 Å². The lowest BCUT2D eigenvalue weighted by Gasteiger charge is -2.37. The van der Waals surface area contributed by atoms with Crippen LogP contribution in [0.5, 0.6) is 0 Å². The van der Waals surface area contributed by atoms with Gasteiger partial charge in [-0.1, -0.05) is 0 Å². The number of amides is 1.